The molecule has 0 fully saturated rings. The predicted molar refractivity (Wildman–Crippen MR) is 208 cm³/mol. The average molecular weight is 653 g/mol. The van der Waals surface area contributed by atoms with Crippen LogP contribution in [0.5, 0.6) is 0 Å². The van der Waals surface area contributed by atoms with Crippen molar-refractivity contribution in [3.05, 3.63) is 215 Å². The molecule has 0 radical (unpaired) electrons. The van der Waals surface area contributed by atoms with Crippen molar-refractivity contribution in [3.8, 4) is 0 Å². The third kappa shape index (κ3) is 5.50. The van der Waals surface area contributed by atoms with Gasteiger partial charge in [0, 0.05) is 22.2 Å². The molecule has 6 rings (SSSR count). The van der Waals surface area contributed by atoms with E-state index in [-0.39, 0.29) is 5.92 Å². The maximum Gasteiger partial charge on any atom is 0.0289 e. The van der Waals surface area contributed by atoms with Gasteiger partial charge in [-0.1, -0.05) is 182 Å². The Morgan fingerprint density at radius 3 is 0.565 bits per heavy atom. The summed E-state index contributed by atoms with van der Waals surface area (Å²) in [7, 11) is 9.69. The summed E-state index contributed by atoms with van der Waals surface area (Å²) >= 11 is 0. The van der Waals surface area contributed by atoms with Gasteiger partial charge in [-0.25, -0.2) is 0 Å². The fourth-order valence-electron chi connectivity index (χ4n) is 8.24. The summed E-state index contributed by atoms with van der Waals surface area (Å²) in [5.41, 5.74) is 6.65. The Kier molecular flexibility index (Phi) is 10.3. The van der Waals surface area contributed by atoms with Crippen LogP contribution in [-0.4, -0.2) is 18.5 Å². The Labute approximate surface area is 282 Å². The van der Waals surface area contributed by atoms with E-state index in [4.69, 9.17) is 0 Å². The Morgan fingerprint density at radius 2 is 0.435 bits per heavy atom. The minimum Gasteiger partial charge on any atom is -0.136 e. The molecule has 0 spiro atoms. The fraction of sp³-hybridized carbons (Fsp3) is 0.163. The summed E-state index contributed by atoms with van der Waals surface area (Å²) in [4.78, 5) is 0. The molecule has 0 saturated carbocycles. The largest absolute Gasteiger partial charge is 0.136 e. The molecule has 3 heteroatoms. The third-order valence-electron chi connectivity index (χ3n) is 10.2. The van der Waals surface area contributed by atoms with Gasteiger partial charge in [0.25, 0.3) is 0 Å². The second-order valence-electron chi connectivity index (χ2n) is 12.2. The average Bonchev–Trinajstić information content (AvgIpc) is 3.16. The lowest BCUT2D eigenvalue weighted by atomic mass is 9.44. The minimum atomic E-state index is -0.433. The van der Waals surface area contributed by atoms with Crippen LogP contribution in [0.15, 0.2) is 182 Å². The van der Waals surface area contributed by atoms with Crippen LogP contribution in [0.3, 0.4) is 0 Å². The quantitative estimate of drug-likeness (QED) is 0.116. The van der Waals surface area contributed by atoms with Crippen molar-refractivity contribution in [2.45, 2.75) is 16.2 Å². The van der Waals surface area contributed by atoms with Crippen molar-refractivity contribution < 1.29 is 0 Å². The Morgan fingerprint density at radius 1 is 0.283 bits per heavy atom. The Hall–Kier alpha value is -3.39. The van der Waals surface area contributed by atoms with Gasteiger partial charge in [-0.2, -0.15) is 0 Å². The van der Waals surface area contributed by atoms with E-state index >= 15 is 0 Å². The number of rotatable bonds is 12. The van der Waals surface area contributed by atoms with Crippen LogP contribution < -0.4 is 0 Å². The standard InChI is InChI=1S/C43H43P3/c44-31-41(34-19-7-1-8-20-34,35-21-9-2-10-22-35)40(42(32-45,36-23-11-3-12-24-36)37-25-13-4-14-26-37)43(33-46,38-27-15-5-16-28-38)39-29-17-6-18-30-39/h1-30,40H,31-33,44-46H2. The summed E-state index contributed by atoms with van der Waals surface area (Å²) in [6, 6.07) is 67.7. The van der Waals surface area contributed by atoms with Crippen LogP contribution in [0, 0.1) is 5.92 Å². The Bertz CT molecular complexity index is 1440. The molecule has 6 aromatic carbocycles. The normalized spacial score (nSPS) is 12.3. The highest BCUT2D eigenvalue weighted by Crippen LogP contribution is 2.62. The monoisotopic (exact) mass is 652 g/mol. The second kappa shape index (κ2) is 14.6. The lowest BCUT2D eigenvalue weighted by Crippen LogP contribution is -2.61. The van der Waals surface area contributed by atoms with E-state index in [0.717, 1.165) is 18.5 Å². The van der Waals surface area contributed by atoms with Crippen molar-refractivity contribution >= 4 is 27.7 Å². The minimum absolute atomic E-state index is 0.000556. The van der Waals surface area contributed by atoms with E-state index in [0.29, 0.717) is 0 Å². The molecule has 0 bridgehead atoms. The summed E-state index contributed by atoms with van der Waals surface area (Å²) in [6.07, 6.45) is 2.51. The first-order chi connectivity index (χ1) is 22.7. The highest BCUT2D eigenvalue weighted by atomic mass is 31.0. The molecule has 6 aromatic rings. The van der Waals surface area contributed by atoms with Gasteiger partial charge in [0.2, 0.25) is 0 Å². The second-order valence-corrected chi connectivity index (χ2v) is 13.4. The maximum absolute atomic E-state index is 3.23. The molecule has 46 heavy (non-hydrogen) atoms. The third-order valence-corrected chi connectivity index (χ3v) is 12.1. The van der Waals surface area contributed by atoms with Gasteiger partial charge in [-0.05, 0) is 51.9 Å². The van der Waals surface area contributed by atoms with Gasteiger partial charge < -0.3 is 0 Å². The number of hydrogen-bond donors (Lipinski definition) is 0. The molecule has 0 nitrogen and oxygen atoms in total. The van der Waals surface area contributed by atoms with E-state index in [1.807, 2.05) is 0 Å². The van der Waals surface area contributed by atoms with Crippen LogP contribution in [0.4, 0.5) is 0 Å². The molecule has 0 aliphatic carbocycles. The molecule has 0 saturated heterocycles. The molecule has 0 aliphatic rings. The zero-order valence-electron chi connectivity index (χ0n) is 26.3. The molecule has 0 heterocycles. The highest BCUT2D eigenvalue weighted by molar-refractivity contribution is 7.17. The Balaban J connectivity index is 1.91. The van der Waals surface area contributed by atoms with Crippen molar-refractivity contribution in [1.29, 1.82) is 0 Å². The van der Waals surface area contributed by atoms with Gasteiger partial charge in [-0.3, -0.25) is 0 Å². The van der Waals surface area contributed by atoms with E-state index in [1.54, 1.807) is 0 Å². The van der Waals surface area contributed by atoms with E-state index < -0.39 is 16.2 Å². The summed E-state index contributed by atoms with van der Waals surface area (Å²) in [5, 5.41) is 0. The molecule has 3 unspecified atom stereocenters. The van der Waals surface area contributed by atoms with Crippen LogP contribution in [-0.2, 0) is 16.2 Å². The molecular formula is C43H43P3. The highest BCUT2D eigenvalue weighted by Gasteiger charge is 2.61. The van der Waals surface area contributed by atoms with Gasteiger partial charge in [-0.15, -0.1) is 27.7 Å². The topological polar surface area (TPSA) is 0 Å². The van der Waals surface area contributed by atoms with Gasteiger partial charge in [0.1, 0.15) is 0 Å². The van der Waals surface area contributed by atoms with E-state index in [1.165, 1.54) is 33.4 Å². The molecule has 0 amide bonds. The lowest BCUT2D eigenvalue weighted by Gasteiger charge is -2.60. The molecule has 230 valence electrons. The molecule has 3 atom stereocenters. The van der Waals surface area contributed by atoms with Crippen molar-refractivity contribution in [2.75, 3.05) is 18.5 Å². The molecule has 0 N–H and O–H groups in total. The predicted octanol–water partition coefficient (Wildman–Crippen LogP) is 10.2. The van der Waals surface area contributed by atoms with Crippen LogP contribution in [0.2, 0.25) is 0 Å². The number of hydrogen-bond acceptors (Lipinski definition) is 0. The van der Waals surface area contributed by atoms with Gasteiger partial charge in [0.05, 0.1) is 0 Å². The first-order valence-electron chi connectivity index (χ1n) is 16.1. The van der Waals surface area contributed by atoms with Crippen molar-refractivity contribution in [2.24, 2.45) is 5.92 Å². The van der Waals surface area contributed by atoms with E-state index in [2.05, 4.69) is 210 Å². The zero-order valence-corrected chi connectivity index (χ0v) is 29.7. The first-order valence-corrected chi connectivity index (χ1v) is 18.6. The van der Waals surface area contributed by atoms with Crippen LogP contribution in [0.1, 0.15) is 33.4 Å². The smallest absolute Gasteiger partial charge is 0.0289 e. The first kappa shape index (κ1) is 32.5. The molecule has 0 aromatic heterocycles. The SMILES string of the molecule is PCC(c1ccccc1)(c1ccccc1)C(C(CP)(c1ccccc1)c1ccccc1)C(CP)(c1ccccc1)c1ccccc1. The van der Waals surface area contributed by atoms with E-state index in [9.17, 15) is 0 Å². The van der Waals surface area contributed by atoms with Crippen LogP contribution >= 0.6 is 27.7 Å². The lowest BCUT2D eigenvalue weighted by molar-refractivity contribution is 0.160. The maximum atomic E-state index is 3.23. The molecular weight excluding hydrogens is 609 g/mol. The van der Waals surface area contributed by atoms with Gasteiger partial charge >= 0.3 is 0 Å². The molecule has 0 aliphatic heterocycles. The number of benzene rings is 6. The fourth-order valence-corrected chi connectivity index (χ4v) is 10.4. The van der Waals surface area contributed by atoms with Crippen LogP contribution in [0.25, 0.3) is 0 Å². The summed E-state index contributed by atoms with van der Waals surface area (Å²) in [6.45, 7) is 0. The van der Waals surface area contributed by atoms with Crippen molar-refractivity contribution in [1.82, 2.24) is 0 Å². The van der Waals surface area contributed by atoms with Gasteiger partial charge in [0.15, 0.2) is 0 Å². The summed E-state index contributed by atoms with van der Waals surface area (Å²) < 4.78 is 0. The zero-order chi connectivity index (χ0) is 31.9. The summed E-state index contributed by atoms with van der Waals surface area (Å²) in [5.74, 6) is -0.000556. The van der Waals surface area contributed by atoms with Crippen molar-refractivity contribution in [3.63, 3.8) is 0 Å².